The van der Waals surface area contributed by atoms with Gasteiger partial charge in [-0.2, -0.15) is 0 Å². The van der Waals surface area contributed by atoms with Crippen molar-refractivity contribution in [2.45, 2.75) is 0 Å². The molecule has 0 aliphatic carbocycles. The maximum Gasteiger partial charge on any atom is 0.265 e. The molecule has 0 fully saturated rings. The summed E-state index contributed by atoms with van der Waals surface area (Å²) in [6, 6.07) is 19.6. The van der Waals surface area contributed by atoms with Crippen molar-refractivity contribution in [1.82, 2.24) is 4.57 Å². The lowest BCUT2D eigenvalue weighted by Crippen LogP contribution is -2.28. The van der Waals surface area contributed by atoms with Crippen LogP contribution in [0.5, 0.6) is 11.5 Å². The van der Waals surface area contributed by atoms with Crippen LogP contribution in [-0.4, -0.2) is 57.4 Å². The highest BCUT2D eigenvalue weighted by molar-refractivity contribution is 6.05. The van der Waals surface area contributed by atoms with Gasteiger partial charge in [0.2, 0.25) is 0 Å². The smallest absolute Gasteiger partial charge is 0.265 e. The number of benzene rings is 3. The molecule has 1 aliphatic heterocycles. The lowest BCUT2D eigenvalue weighted by Gasteiger charge is -2.14. The fourth-order valence-electron chi connectivity index (χ4n) is 4.21. The topological polar surface area (TPSA) is 85.2 Å². The zero-order valence-corrected chi connectivity index (χ0v) is 19.8. The molecule has 1 aliphatic rings. The largest absolute Gasteiger partial charge is 0.487 e. The SMILES string of the molecule is O=c1c2ccccc2c2ccccc2c(=O)n1-c1ccc2c(c1)OCCOCCOCCOCCO2. The van der Waals surface area contributed by atoms with Crippen molar-refractivity contribution in [2.75, 3.05) is 52.9 Å². The summed E-state index contributed by atoms with van der Waals surface area (Å²) in [7, 11) is 0. The molecule has 8 heteroatoms. The molecule has 0 amide bonds. The van der Waals surface area contributed by atoms with Crippen molar-refractivity contribution < 1.29 is 23.7 Å². The Hall–Kier alpha value is -3.72. The molecule has 0 saturated carbocycles. The Kier molecular flexibility index (Phi) is 7.56. The van der Waals surface area contributed by atoms with Gasteiger partial charge in [0.05, 0.1) is 45.3 Å². The van der Waals surface area contributed by atoms with Crippen LogP contribution in [0.2, 0.25) is 0 Å². The van der Waals surface area contributed by atoms with E-state index >= 15 is 0 Å². The standard InChI is InChI=1S/C28H27NO7/c30-27-23-7-3-1-5-21(23)22-6-2-4-8-24(22)28(31)29(27)20-9-10-25-26(19-20)36-18-16-34-14-12-32-11-13-33-15-17-35-25/h1-10,19H,11-18H2. The molecule has 3 aromatic carbocycles. The Balaban J connectivity index is 1.61. The molecule has 186 valence electrons. The van der Waals surface area contributed by atoms with E-state index in [-0.39, 0.29) is 6.61 Å². The molecule has 0 spiro atoms. The minimum Gasteiger partial charge on any atom is -0.487 e. The Bertz CT molecular complexity index is 1410. The number of hydrogen-bond acceptors (Lipinski definition) is 7. The van der Waals surface area contributed by atoms with Crippen LogP contribution in [0.15, 0.2) is 76.3 Å². The van der Waals surface area contributed by atoms with Crippen LogP contribution in [-0.2, 0) is 14.2 Å². The number of aromatic nitrogens is 1. The molecule has 2 heterocycles. The molecule has 0 bridgehead atoms. The summed E-state index contributed by atoms with van der Waals surface area (Å²) in [4.78, 5) is 27.4. The molecule has 5 rings (SSSR count). The second-order valence-corrected chi connectivity index (χ2v) is 8.20. The van der Waals surface area contributed by atoms with E-state index in [0.29, 0.717) is 74.2 Å². The van der Waals surface area contributed by atoms with Crippen LogP contribution in [0.1, 0.15) is 0 Å². The van der Waals surface area contributed by atoms with E-state index in [1.807, 2.05) is 24.3 Å². The number of rotatable bonds is 1. The average Bonchev–Trinajstić information content (AvgIpc) is 3.00. The van der Waals surface area contributed by atoms with Crippen LogP contribution in [0.4, 0.5) is 0 Å². The van der Waals surface area contributed by atoms with Gasteiger partial charge in [-0.3, -0.25) is 9.59 Å². The Labute approximate surface area is 207 Å². The predicted octanol–water partition coefficient (Wildman–Crippen LogP) is 3.33. The van der Waals surface area contributed by atoms with Crippen molar-refractivity contribution in [2.24, 2.45) is 0 Å². The van der Waals surface area contributed by atoms with Crippen molar-refractivity contribution in [3.05, 3.63) is 87.4 Å². The van der Waals surface area contributed by atoms with Crippen molar-refractivity contribution in [3.8, 4) is 17.2 Å². The summed E-state index contributed by atoms with van der Waals surface area (Å²) in [5, 5.41) is 2.36. The molecule has 0 unspecified atom stereocenters. The van der Waals surface area contributed by atoms with Crippen LogP contribution < -0.4 is 20.6 Å². The van der Waals surface area contributed by atoms with Gasteiger partial charge in [0.25, 0.3) is 11.1 Å². The monoisotopic (exact) mass is 489 g/mol. The van der Waals surface area contributed by atoms with E-state index in [4.69, 9.17) is 23.7 Å². The maximum atomic E-state index is 13.7. The normalized spacial score (nSPS) is 15.8. The summed E-state index contributed by atoms with van der Waals surface area (Å²) in [6.45, 7) is 3.20. The van der Waals surface area contributed by atoms with Crippen LogP contribution >= 0.6 is 0 Å². The zero-order chi connectivity index (χ0) is 24.7. The fraction of sp³-hybridized carbons (Fsp3) is 0.286. The first-order valence-electron chi connectivity index (χ1n) is 11.9. The summed E-state index contributed by atoms with van der Waals surface area (Å²) >= 11 is 0. The van der Waals surface area contributed by atoms with Crippen LogP contribution in [0.3, 0.4) is 0 Å². The molecular weight excluding hydrogens is 462 g/mol. The minimum absolute atomic E-state index is 0.268. The molecule has 0 atom stereocenters. The van der Waals surface area contributed by atoms with Gasteiger partial charge in [-0.1, -0.05) is 36.4 Å². The van der Waals surface area contributed by atoms with Gasteiger partial charge in [0.1, 0.15) is 13.2 Å². The highest BCUT2D eigenvalue weighted by Gasteiger charge is 2.15. The van der Waals surface area contributed by atoms with Crippen LogP contribution in [0, 0.1) is 0 Å². The lowest BCUT2D eigenvalue weighted by molar-refractivity contribution is 0.00708. The number of nitrogens with zero attached hydrogens (tertiary/aromatic N) is 1. The first-order valence-corrected chi connectivity index (χ1v) is 11.9. The van der Waals surface area contributed by atoms with Gasteiger partial charge in [-0.25, -0.2) is 4.57 Å². The molecule has 4 aromatic rings. The number of fused-ring (bicyclic) bond motifs is 4. The molecule has 0 N–H and O–H groups in total. The van der Waals surface area contributed by atoms with Crippen molar-refractivity contribution >= 4 is 21.5 Å². The average molecular weight is 490 g/mol. The van der Waals surface area contributed by atoms with E-state index in [0.717, 1.165) is 10.8 Å². The zero-order valence-electron chi connectivity index (χ0n) is 19.8. The summed E-state index contributed by atoms with van der Waals surface area (Å²) in [5.74, 6) is 0.901. The minimum atomic E-state index is -0.401. The number of ether oxygens (including phenoxy) is 5. The van der Waals surface area contributed by atoms with Crippen LogP contribution in [0.25, 0.3) is 27.2 Å². The third-order valence-electron chi connectivity index (χ3n) is 5.91. The van der Waals surface area contributed by atoms with E-state index in [1.54, 1.807) is 42.5 Å². The van der Waals surface area contributed by atoms with Crippen molar-refractivity contribution in [3.63, 3.8) is 0 Å². The van der Waals surface area contributed by atoms with E-state index in [9.17, 15) is 9.59 Å². The molecule has 0 radical (unpaired) electrons. The number of hydrogen-bond donors (Lipinski definition) is 0. The first-order chi connectivity index (χ1) is 17.7. The van der Waals surface area contributed by atoms with E-state index in [2.05, 4.69) is 0 Å². The molecule has 36 heavy (non-hydrogen) atoms. The third kappa shape index (κ3) is 5.11. The highest BCUT2D eigenvalue weighted by atomic mass is 16.6. The van der Waals surface area contributed by atoms with Gasteiger partial charge in [0.15, 0.2) is 11.5 Å². The van der Waals surface area contributed by atoms with Crippen molar-refractivity contribution in [1.29, 1.82) is 0 Å². The Morgan fingerprint density at radius 2 is 0.944 bits per heavy atom. The van der Waals surface area contributed by atoms with Gasteiger partial charge >= 0.3 is 0 Å². The second kappa shape index (κ2) is 11.3. The lowest BCUT2D eigenvalue weighted by atomic mass is 10.1. The molecule has 1 aromatic heterocycles. The van der Waals surface area contributed by atoms with E-state index in [1.165, 1.54) is 4.57 Å². The quantitative estimate of drug-likeness (QED) is 0.406. The Morgan fingerprint density at radius 3 is 1.47 bits per heavy atom. The molecule has 8 nitrogen and oxygen atoms in total. The third-order valence-corrected chi connectivity index (χ3v) is 5.91. The van der Waals surface area contributed by atoms with E-state index < -0.39 is 11.1 Å². The second-order valence-electron chi connectivity index (χ2n) is 8.20. The molecular formula is C28H27NO7. The first kappa shape index (κ1) is 24.0. The molecule has 0 saturated heterocycles. The fourth-order valence-corrected chi connectivity index (χ4v) is 4.21. The predicted molar refractivity (Wildman–Crippen MR) is 137 cm³/mol. The summed E-state index contributed by atoms with van der Waals surface area (Å²) in [5.41, 5.74) is -0.412. The summed E-state index contributed by atoms with van der Waals surface area (Å²) < 4.78 is 29.5. The summed E-state index contributed by atoms with van der Waals surface area (Å²) in [6.07, 6.45) is 0. The maximum absolute atomic E-state index is 13.7. The van der Waals surface area contributed by atoms with Gasteiger partial charge < -0.3 is 23.7 Å². The highest BCUT2D eigenvalue weighted by Crippen LogP contribution is 2.30. The van der Waals surface area contributed by atoms with Gasteiger partial charge in [0, 0.05) is 16.8 Å². The Morgan fingerprint density at radius 1 is 0.500 bits per heavy atom. The van der Waals surface area contributed by atoms with Gasteiger partial charge in [-0.05, 0) is 35.0 Å². The van der Waals surface area contributed by atoms with Gasteiger partial charge in [-0.15, -0.1) is 0 Å².